The summed E-state index contributed by atoms with van der Waals surface area (Å²) in [6.45, 7) is 6.05. The molecule has 3 heterocycles. The van der Waals surface area contributed by atoms with Gasteiger partial charge in [-0.1, -0.05) is 24.8 Å². The summed E-state index contributed by atoms with van der Waals surface area (Å²) in [5.41, 5.74) is 3.81. The summed E-state index contributed by atoms with van der Waals surface area (Å²) in [6.07, 6.45) is 2.03. The molecule has 0 fully saturated rings. The Kier molecular flexibility index (Phi) is 3.02. The number of aryl methyl sites for hydroxylation is 2. The van der Waals surface area contributed by atoms with Crippen LogP contribution in [0.4, 0.5) is 0 Å². The van der Waals surface area contributed by atoms with Crippen LogP contribution in [-0.4, -0.2) is 25.3 Å². The second-order valence-corrected chi connectivity index (χ2v) is 5.50. The Hall–Kier alpha value is -1.82. The number of fused-ring (bicyclic) bond motifs is 1. The number of hydrogen-bond acceptors (Lipinski definition) is 5. The van der Waals surface area contributed by atoms with Crippen molar-refractivity contribution in [3.05, 3.63) is 29.6 Å². The molecule has 6 heteroatoms. The molecule has 0 amide bonds. The van der Waals surface area contributed by atoms with E-state index in [0.717, 1.165) is 28.4 Å². The molecule has 3 aromatic heterocycles. The number of imidazole rings is 1. The first-order chi connectivity index (χ1) is 9.19. The van der Waals surface area contributed by atoms with Gasteiger partial charge in [0.25, 0.3) is 11.1 Å². The number of nitrogens with zero attached hydrogens (tertiary/aromatic N) is 4. The zero-order valence-corrected chi connectivity index (χ0v) is 11.9. The summed E-state index contributed by atoms with van der Waals surface area (Å²) < 4.78 is 7.68. The zero-order chi connectivity index (χ0) is 13.4. The SMILES string of the molecule is CCSc1nnc(-c2c(C)nc3ccc(C)cn23)o1. The summed E-state index contributed by atoms with van der Waals surface area (Å²) in [6, 6.07) is 4.03. The van der Waals surface area contributed by atoms with Crippen LogP contribution in [0, 0.1) is 13.8 Å². The normalized spacial score (nSPS) is 11.3. The fraction of sp³-hybridized carbons (Fsp3) is 0.308. The molecule has 0 aliphatic heterocycles. The molecule has 0 atom stereocenters. The van der Waals surface area contributed by atoms with Crippen molar-refractivity contribution < 1.29 is 4.42 Å². The molecular weight excluding hydrogens is 260 g/mol. The molecule has 3 aromatic rings. The number of rotatable bonds is 3. The zero-order valence-electron chi connectivity index (χ0n) is 11.0. The molecule has 0 radical (unpaired) electrons. The minimum atomic E-state index is 0.520. The van der Waals surface area contributed by atoms with E-state index in [9.17, 15) is 0 Å². The minimum absolute atomic E-state index is 0.520. The maximum Gasteiger partial charge on any atom is 0.276 e. The second kappa shape index (κ2) is 4.70. The molecule has 98 valence electrons. The van der Waals surface area contributed by atoms with Crippen molar-refractivity contribution in [1.29, 1.82) is 0 Å². The lowest BCUT2D eigenvalue weighted by Gasteiger charge is -1.99. The highest BCUT2D eigenvalue weighted by Gasteiger charge is 2.17. The Morgan fingerprint density at radius 2 is 2.11 bits per heavy atom. The van der Waals surface area contributed by atoms with Crippen molar-refractivity contribution in [3.8, 4) is 11.6 Å². The minimum Gasteiger partial charge on any atom is -0.410 e. The summed E-state index contributed by atoms with van der Waals surface area (Å²) in [7, 11) is 0. The van der Waals surface area contributed by atoms with Crippen LogP contribution in [0.25, 0.3) is 17.2 Å². The second-order valence-electron chi connectivity index (χ2n) is 4.29. The first-order valence-corrected chi connectivity index (χ1v) is 7.09. The van der Waals surface area contributed by atoms with E-state index in [4.69, 9.17) is 4.42 Å². The van der Waals surface area contributed by atoms with Gasteiger partial charge >= 0.3 is 0 Å². The lowest BCUT2D eigenvalue weighted by molar-refractivity contribution is 0.464. The number of hydrogen-bond donors (Lipinski definition) is 0. The summed E-state index contributed by atoms with van der Waals surface area (Å²) in [5, 5.41) is 8.75. The van der Waals surface area contributed by atoms with Crippen molar-refractivity contribution >= 4 is 17.4 Å². The van der Waals surface area contributed by atoms with Gasteiger partial charge in [-0.25, -0.2) is 4.98 Å². The molecule has 0 aromatic carbocycles. The van der Waals surface area contributed by atoms with Gasteiger partial charge in [-0.3, -0.25) is 4.40 Å². The maximum atomic E-state index is 5.68. The Bertz CT molecular complexity index is 731. The molecule has 19 heavy (non-hydrogen) atoms. The van der Waals surface area contributed by atoms with E-state index in [1.165, 1.54) is 11.8 Å². The quantitative estimate of drug-likeness (QED) is 0.687. The molecule has 0 bridgehead atoms. The molecule has 3 rings (SSSR count). The van der Waals surface area contributed by atoms with Gasteiger partial charge < -0.3 is 4.42 Å². The monoisotopic (exact) mass is 274 g/mol. The Morgan fingerprint density at radius 1 is 1.26 bits per heavy atom. The number of aromatic nitrogens is 4. The van der Waals surface area contributed by atoms with E-state index < -0.39 is 0 Å². The van der Waals surface area contributed by atoms with Crippen molar-refractivity contribution in [2.24, 2.45) is 0 Å². The maximum absolute atomic E-state index is 5.68. The van der Waals surface area contributed by atoms with E-state index in [2.05, 4.69) is 22.1 Å². The van der Waals surface area contributed by atoms with Crippen LogP contribution in [0.5, 0.6) is 0 Å². The molecule has 0 N–H and O–H groups in total. The third-order valence-corrected chi connectivity index (χ3v) is 3.52. The summed E-state index contributed by atoms with van der Waals surface area (Å²) >= 11 is 1.54. The third kappa shape index (κ3) is 2.12. The first kappa shape index (κ1) is 12.2. The smallest absolute Gasteiger partial charge is 0.276 e. The first-order valence-electron chi connectivity index (χ1n) is 6.11. The van der Waals surface area contributed by atoms with Crippen molar-refractivity contribution in [1.82, 2.24) is 19.6 Å². The van der Waals surface area contributed by atoms with Gasteiger partial charge in [-0.15, -0.1) is 10.2 Å². The van der Waals surface area contributed by atoms with E-state index in [-0.39, 0.29) is 0 Å². The molecule has 0 spiro atoms. The highest BCUT2D eigenvalue weighted by Crippen LogP contribution is 2.26. The Morgan fingerprint density at radius 3 is 2.89 bits per heavy atom. The van der Waals surface area contributed by atoms with Gasteiger partial charge in [0, 0.05) is 6.20 Å². The number of thioether (sulfide) groups is 1. The van der Waals surface area contributed by atoms with Gasteiger partial charge in [0.05, 0.1) is 5.69 Å². The average molecular weight is 274 g/mol. The van der Waals surface area contributed by atoms with Crippen LogP contribution in [0.2, 0.25) is 0 Å². The fourth-order valence-corrected chi connectivity index (χ4v) is 2.50. The summed E-state index contributed by atoms with van der Waals surface area (Å²) in [5.74, 6) is 1.43. The van der Waals surface area contributed by atoms with Crippen LogP contribution in [0.1, 0.15) is 18.2 Å². The molecule has 0 saturated carbocycles. The van der Waals surface area contributed by atoms with Crippen LogP contribution < -0.4 is 0 Å². The fourth-order valence-electron chi connectivity index (χ4n) is 2.01. The summed E-state index contributed by atoms with van der Waals surface area (Å²) in [4.78, 5) is 4.51. The topological polar surface area (TPSA) is 56.2 Å². The third-order valence-electron chi connectivity index (χ3n) is 2.82. The van der Waals surface area contributed by atoms with Crippen LogP contribution in [0.3, 0.4) is 0 Å². The van der Waals surface area contributed by atoms with Gasteiger partial charge in [-0.2, -0.15) is 0 Å². The van der Waals surface area contributed by atoms with Gasteiger partial charge in [0.2, 0.25) is 0 Å². The largest absolute Gasteiger partial charge is 0.410 e. The van der Waals surface area contributed by atoms with Crippen LogP contribution in [0.15, 0.2) is 28.0 Å². The Balaban J connectivity index is 2.17. The van der Waals surface area contributed by atoms with Crippen molar-refractivity contribution in [2.45, 2.75) is 26.0 Å². The average Bonchev–Trinajstić information content (AvgIpc) is 2.93. The van der Waals surface area contributed by atoms with Gasteiger partial charge in [0.15, 0.2) is 0 Å². The van der Waals surface area contributed by atoms with E-state index in [1.807, 2.05) is 36.6 Å². The van der Waals surface area contributed by atoms with Crippen molar-refractivity contribution in [3.63, 3.8) is 0 Å². The molecule has 0 unspecified atom stereocenters. The molecule has 0 saturated heterocycles. The van der Waals surface area contributed by atoms with E-state index in [0.29, 0.717) is 11.1 Å². The molecule has 0 aliphatic rings. The van der Waals surface area contributed by atoms with Gasteiger partial charge in [0.1, 0.15) is 11.3 Å². The van der Waals surface area contributed by atoms with Crippen molar-refractivity contribution in [2.75, 3.05) is 5.75 Å². The number of pyridine rings is 1. The molecular formula is C13H14N4OS. The van der Waals surface area contributed by atoms with Crippen LogP contribution >= 0.6 is 11.8 Å². The lowest BCUT2D eigenvalue weighted by atomic mass is 10.3. The predicted molar refractivity (Wildman–Crippen MR) is 74.4 cm³/mol. The highest BCUT2D eigenvalue weighted by atomic mass is 32.2. The highest BCUT2D eigenvalue weighted by molar-refractivity contribution is 7.99. The molecule has 0 aliphatic carbocycles. The van der Waals surface area contributed by atoms with Gasteiger partial charge in [-0.05, 0) is 31.2 Å². The van der Waals surface area contributed by atoms with E-state index >= 15 is 0 Å². The standard InChI is InChI=1S/C13H14N4OS/c1-4-19-13-16-15-12(18-13)11-9(3)14-10-6-5-8(2)7-17(10)11/h5-7H,4H2,1-3H3. The van der Waals surface area contributed by atoms with E-state index in [1.54, 1.807) is 0 Å². The van der Waals surface area contributed by atoms with Crippen LogP contribution in [-0.2, 0) is 0 Å². The predicted octanol–water partition coefficient (Wildman–Crippen LogP) is 3.11. The Labute approximate surface area is 115 Å². The lowest BCUT2D eigenvalue weighted by Crippen LogP contribution is -1.90. The molecule has 5 nitrogen and oxygen atoms in total.